The zero-order valence-corrected chi connectivity index (χ0v) is 29.7. The molecule has 22 heteroatoms. The van der Waals surface area contributed by atoms with Gasteiger partial charge in [-0.3, -0.25) is 9.11 Å². The van der Waals surface area contributed by atoms with Gasteiger partial charge >= 0.3 is 11.9 Å². The van der Waals surface area contributed by atoms with Crippen molar-refractivity contribution < 1.29 is 45.7 Å². The summed E-state index contributed by atoms with van der Waals surface area (Å²) >= 11 is 6.13. The summed E-state index contributed by atoms with van der Waals surface area (Å²) in [5.74, 6) is -2.48. The second kappa shape index (κ2) is 15.3. The molecule has 278 valence electrons. The average Bonchev–Trinajstić information content (AvgIpc) is 3.12. The SMILES string of the molecule is O=C(O)c1cc(/N=N/c2ccc(Nc3nc(Cl)nc(Nc4ccc(/N=N/c5cc(S(=O)(=O)O)c6cccc(S(=O)(=O)O)c6c5)cc4)n3)cc2)cc(C(=O)O)c1. The molecular formula is C33H22ClN9O10S2. The van der Waals surface area contributed by atoms with E-state index in [1.54, 1.807) is 36.4 Å². The number of halogens is 1. The highest BCUT2D eigenvalue weighted by atomic mass is 35.5. The zero-order valence-electron chi connectivity index (χ0n) is 27.3. The van der Waals surface area contributed by atoms with Gasteiger partial charge in [-0.2, -0.15) is 52.2 Å². The summed E-state index contributed by atoms with van der Waals surface area (Å²) in [6.45, 7) is 0. The molecule has 19 nitrogen and oxygen atoms in total. The van der Waals surface area contributed by atoms with E-state index in [1.165, 1.54) is 42.5 Å². The minimum absolute atomic E-state index is 0.0374. The molecule has 0 aliphatic carbocycles. The number of carbonyl (C=O) groups is 2. The lowest BCUT2D eigenvalue weighted by molar-refractivity contribution is 0.0696. The van der Waals surface area contributed by atoms with Gasteiger partial charge in [0.1, 0.15) is 9.79 Å². The zero-order chi connectivity index (χ0) is 39.5. The molecular weight excluding hydrogens is 782 g/mol. The third kappa shape index (κ3) is 9.42. The van der Waals surface area contributed by atoms with E-state index in [0.717, 1.165) is 18.2 Å². The fourth-order valence-corrected chi connectivity index (χ4v) is 6.48. The summed E-state index contributed by atoms with van der Waals surface area (Å²) < 4.78 is 67.4. The highest BCUT2D eigenvalue weighted by Crippen LogP contribution is 2.34. The summed E-state index contributed by atoms with van der Waals surface area (Å²) in [6, 6.07) is 21.8. The number of rotatable bonds is 12. The van der Waals surface area contributed by atoms with Crippen molar-refractivity contribution in [1.82, 2.24) is 15.0 Å². The van der Waals surface area contributed by atoms with Crippen molar-refractivity contribution in [2.45, 2.75) is 9.79 Å². The van der Waals surface area contributed by atoms with Crippen molar-refractivity contribution in [2.24, 2.45) is 20.5 Å². The fourth-order valence-electron chi connectivity index (χ4n) is 4.90. The molecule has 0 fully saturated rings. The second-order valence-corrected chi connectivity index (χ2v) is 14.2. The molecule has 0 unspecified atom stereocenters. The summed E-state index contributed by atoms with van der Waals surface area (Å²) in [6.07, 6.45) is 0. The first-order chi connectivity index (χ1) is 26.0. The van der Waals surface area contributed by atoms with Gasteiger partial charge in [0.25, 0.3) is 20.2 Å². The third-order valence-corrected chi connectivity index (χ3v) is 9.26. The van der Waals surface area contributed by atoms with Crippen LogP contribution in [0.15, 0.2) is 127 Å². The van der Waals surface area contributed by atoms with Gasteiger partial charge in [0.05, 0.1) is 33.9 Å². The molecule has 0 bridgehead atoms. The Kier molecular flexibility index (Phi) is 10.6. The van der Waals surface area contributed by atoms with Crippen LogP contribution >= 0.6 is 11.6 Å². The van der Waals surface area contributed by atoms with E-state index in [1.807, 2.05) is 0 Å². The molecule has 1 heterocycles. The standard InChI is InChI=1S/C33H22ClN9O10S2/c34-31-37-32(35-19-4-8-21(9-5-19)40-42-23-13-17(29(44)45)12-18(14-23)30(46)47)39-33(38-31)36-20-6-10-22(11-7-20)41-43-24-15-26-25(28(16-24)55(51,52)53)2-1-3-27(26)54(48,49)50/h1-16H,(H,44,45)(H,46,47)(H,48,49,50)(H,51,52,53)(H2,35,36,37,38,39)/b42-40+,43-41+. The number of fused-ring (bicyclic) bond motifs is 1. The quantitative estimate of drug-likeness (QED) is 0.0506. The van der Waals surface area contributed by atoms with Gasteiger partial charge in [0.2, 0.25) is 17.2 Å². The van der Waals surface area contributed by atoms with Crippen LogP contribution in [-0.2, 0) is 20.2 Å². The Morgan fingerprint density at radius 3 is 1.45 bits per heavy atom. The lowest BCUT2D eigenvalue weighted by atomic mass is 10.1. The Labute approximate surface area is 314 Å². The lowest BCUT2D eigenvalue weighted by Crippen LogP contribution is -2.03. The molecule has 0 saturated heterocycles. The number of carboxylic acid groups (broad SMARTS) is 2. The van der Waals surface area contributed by atoms with Gasteiger partial charge in [0, 0.05) is 22.1 Å². The smallest absolute Gasteiger partial charge is 0.335 e. The maximum Gasteiger partial charge on any atom is 0.335 e. The van der Waals surface area contributed by atoms with Crippen LogP contribution in [0.5, 0.6) is 0 Å². The first kappa shape index (κ1) is 38.0. The Morgan fingerprint density at radius 1 is 0.545 bits per heavy atom. The van der Waals surface area contributed by atoms with Gasteiger partial charge in [-0.05, 0) is 96.5 Å². The van der Waals surface area contributed by atoms with Gasteiger partial charge in [-0.1, -0.05) is 12.1 Å². The highest BCUT2D eigenvalue weighted by Gasteiger charge is 2.21. The van der Waals surface area contributed by atoms with Crippen LogP contribution in [0.1, 0.15) is 20.7 Å². The van der Waals surface area contributed by atoms with Crippen molar-refractivity contribution in [2.75, 3.05) is 10.6 Å². The Bertz CT molecular complexity index is 2750. The van der Waals surface area contributed by atoms with Crippen LogP contribution < -0.4 is 10.6 Å². The van der Waals surface area contributed by atoms with Crippen molar-refractivity contribution in [3.05, 3.63) is 113 Å². The van der Waals surface area contributed by atoms with Crippen molar-refractivity contribution in [3.63, 3.8) is 0 Å². The molecule has 0 radical (unpaired) electrons. The Balaban J connectivity index is 1.14. The molecule has 0 atom stereocenters. The molecule has 6 rings (SSSR count). The maximum absolute atomic E-state index is 12.1. The fraction of sp³-hybridized carbons (Fsp3) is 0. The summed E-state index contributed by atoms with van der Waals surface area (Å²) in [7, 11) is -9.59. The molecule has 6 aromatic rings. The maximum atomic E-state index is 12.1. The Hall–Kier alpha value is -6.78. The summed E-state index contributed by atoms with van der Waals surface area (Å²) in [5, 5.41) is 40.0. The normalized spacial score (nSPS) is 12.0. The summed E-state index contributed by atoms with van der Waals surface area (Å²) in [5.41, 5.74) is 1.08. The number of hydrogen-bond donors (Lipinski definition) is 6. The third-order valence-electron chi connectivity index (χ3n) is 7.29. The first-order valence-electron chi connectivity index (χ1n) is 15.1. The predicted molar refractivity (Wildman–Crippen MR) is 197 cm³/mol. The topological polar surface area (TPSA) is 296 Å². The molecule has 0 amide bonds. The van der Waals surface area contributed by atoms with E-state index in [4.69, 9.17) is 11.6 Å². The van der Waals surface area contributed by atoms with Crippen LogP contribution in [0, 0.1) is 0 Å². The number of nitrogens with zero attached hydrogens (tertiary/aromatic N) is 7. The molecule has 0 aliphatic heterocycles. The lowest BCUT2D eigenvalue weighted by Gasteiger charge is -2.09. The van der Waals surface area contributed by atoms with Crippen LogP contribution in [0.25, 0.3) is 10.8 Å². The van der Waals surface area contributed by atoms with Crippen LogP contribution in [0.3, 0.4) is 0 Å². The number of aromatic carboxylic acids is 2. The van der Waals surface area contributed by atoms with Crippen LogP contribution in [-0.4, -0.2) is 63.0 Å². The first-order valence-corrected chi connectivity index (χ1v) is 18.4. The van der Waals surface area contributed by atoms with Gasteiger partial charge in [0.15, 0.2) is 0 Å². The Morgan fingerprint density at radius 2 is 1.00 bits per heavy atom. The number of aromatic nitrogens is 3. The van der Waals surface area contributed by atoms with Crippen molar-refractivity contribution in [1.29, 1.82) is 0 Å². The second-order valence-electron chi connectivity index (χ2n) is 11.1. The van der Waals surface area contributed by atoms with Crippen LogP contribution in [0.4, 0.5) is 46.0 Å². The molecule has 0 aliphatic rings. The van der Waals surface area contributed by atoms with E-state index in [9.17, 15) is 45.7 Å². The number of nitrogens with one attached hydrogen (secondary N) is 2. The number of anilines is 4. The van der Waals surface area contributed by atoms with Gasteiger partial charge < -0.3 is 20.8 Å². The number of benzene rings is 5. The van der Waals surface area contributed by atoms with Crippen molar-refractivity contribution >= 4 is 101 Å². The summed E-state index contributed by atoms with van der Waals surface area (Å²) in [4.78, 5) is 33.9. The monoisotopic (exact) mass is 803 g/mol. The minimum atomic E-state index is -4.83. The van der Waals surface area contributed by atoms with Gasteiger partial charge in [-0.15, -0.1) is 0 Å². The van der Waals surface area contributed by atoms with Crippen molar-refractivity contribution in [3.8, 4) is 0 Å². The molecule has 6 N–H and O–H groups in total. The predicted octanol–water partition coefficient (Wildman–Crippen LogP) is 7.89. The van der Waals surface area contributed by atoms with E-state index in [-0.39, 0.29) is 50.5 Å². The van der Waals surface area contributed by atoms with Gasteiger partial charge in [-0.25, -0.2) is 9.59 Å². The molecule has 0 saturated carbocycles. The minimum Gasteiger partial charge on any atom is -0.478 e. The largest absolute Gasteiger partial charge is 0.478 e. The number of hydrogen-bond acceptors (Lipinski definition) is 15. The van der Waals surface area contributed by atoms with Crippen LogP contribution in [0.2, 0.25) is 5.28 Å². The van der Waals surface area contributed by atoms with E-state index in [2.05, 4.69) is 46.0 Å². The molecule has 55 heavy (non-hydrogen) atoms. The van der Waals surface area contributed by atoms with E-state index in [0.29, 0.717) is 22.7 Å². The van der Waals surface area contributed by atoms with E-state index >= 15 is 0 Å². The molecule has 0 spiro atoms. The molecule has 1 aromatic heterocycles. The van der Waals surface area contributed by atoms with E-state index < -0.39 is 42.0 Å². The number of azo groups is 2. The number of carboxylic acids is 2. The molecule has 5 aromatic carbocycles. The average molecular weight is 804 g/mol. The highest BCUT2D eigenvalue weighted by molar-refractivity contribution is 7.86.